The van der Waals surface area contributed by atoms with Crippen LogP contribution in [0.2, 0.25) is 0 Å². The van der Waals surface area contributed by atoms with Crippen molar-refractivity contribution < 1.29 is 13.9 Å². The van der Waals surface area contributed by atoms with E-state index >= 15 is 0 Å². The molecule has 3 rings (SSSR count). The second-order valence-corrected chi connectivity index (χ2v) is 7.06. The normalized spacial score (nSPS) is 14.7. The lowest BCUT2D eigenvalue weighted by atomic mass is 10.2. The molecular weight excluding hydrogens is 473 g/mol. The summed E-state index contributed by atoms with van der Waals surface area (Å²) in [4.78, 5) is 9.96. The van der Waals surface area contributed by atoms with Crippen molar-refractivity contribution >= 4 is 49.8 Å². The van der Waals surface area contributed by atoms with Crippen LogP contribution in [-0.4, -0.2) is 49.6 Å². The topological polar surface area (TPSA) is 71.9 Å². The molecule has 1 aromatic heterocycles. The second-order valence-electron chi connectivity index (χ2n) is 5.35. The molecule has 1 saturated heterocycles. The van der Waals surface area contributed by atoms with Crippen LogP contribution >= 0.6 is 31.9 Å². The van der Waals surface area contributed by atoms with Crippen molar-refractivity contribution in [2.45, 2.75) is 0 Å². The van der Waals surface area contributed by atoms with Gasteiger partial charge >= 0.3 is 0 Å². The van der Waals surface area contributed by atoms with Crippen LogP contribution in [0.25, 0.3) is 0 Å². The number of aromatic nitrogens is 2. The molecular formula is C16H16Br2FN5O2. The van der Waals surface area contributed by atoms with E-state index in [0.717, 1.165) is 20.7 Å². The molecule has 1 aliphatic heterocycles. The number of rotatable bonds is 5. The molecule has 0 unspecified atom stereocenters. The maximum absolute atomic E-state index is 14.0. The van der Waals surface area contributed by atoms with E-state index < -0.39 is 5.82 Å². The average Bonchev–Trinajstić information content (AvgIpc) is 2.64. The van der Waals surface area contributed by atoms with Crippen LogP contribution in [0, 0.1) is 5.82 Å². The number of hydrogen-bond donors (Lipinski definition) is 1. The molecule has 0 atom stereocenters. The number of morpholine rings is 1. The van der Waals surface area contributed by atoms with Gasteiger partial charge in [0.15, 0.2) is 11.6 Å². The maximum atomic E-state index is 14.0. The van der Waals surface area contributed by atoms with E-state index in [1.807, 2.05) is 17.0 Å². The van der Waals surface area contributed by atoms with E-state index in [-0.39, 0.29) is 11.8 Å². The highest BCUT2D eigenvalue weighted by molar-refractivity contribution is 9.11. The summed E-state index contributed by atoms with van der Waals surface area (Å²) >= 11 is 6.87. The van der Waals surface area contributed by atoms with Crippen molar-refractivity contribution in [2.24, 2.45) is 5.10 Å². The van der Waals surface area contributed by atoms with Crippen molar-refractivity contribution in [1.82, 2.24) is 9.97 Å². The standard InChI is InChI=1S/C16H16Br2FN5O2/c1-25-14-11(17)6-10(7-12(14)18)8-21-23-16-20-9-13(19)15(22-16)24-2-4-26-5-3-24/h6-9H,2-5H2,1H3,(H,20,22,23)/b21-8+. The first-order valence-electron chi connectivity index (χ1n) is 7.76. The van der Waals surface area contributed by atoms with E-state index in [2.05, 4.69) is 52.4 Å². The Morgan fingerprint density at radius 1 is 1.31 bits per heavy atom. The Hall–Kier alpha value is -1.78. The number of nitrogens with zero attached hydrogens (tertiary/aromatic N) is 4. The number of hydrogen-bond acceptors (Lipinski definition) is 7. The monoisotopic (exact) mass is 487 g/mol. The lowest BCUT2D eigenvalue weighted by Gasteiger charge is -2.27. The SMILES string of the molecule is COc1c(Br)cc(/C=N/Nc2ncc(F)c(N3CCOCC3)n2)cc1Br. The van der Waals surface area contributed by atoms with Gasteiger partial charge in [-0.2, -0.15) is 10.1 Å². The Labute approximate surface area is 166 Å². The molecule has 0 spiro atoms. The predicted molar refractivity (Wildman–Crippen MR) is 105 cm³/mol. The fraction of sp³-hybridized carbons (Fsp3) is 0.312. The number of hydrazone groups is 1. The van der Waals surface area contributed by atoms with E-state index in [1.54, 1.807) is 13.3 Å². The lowest BCUT2D eigenvalue weighted by Crippen LogP contribution is -2.37. The van der Waals surface area contributed by atoms with Gasteiger partial charge in [0.25, 0.3) is 0 Å². The van der Waals surface area contributed by atoms with Crippen LogP contribution in [0.15, 0.2) is 32.4 Å². The highest BCUT2D eigenvalue weighted by atomic mass is 79.9. The maximum Gasteiger partial charge on any atom is 0.245 e. The van der Waals surface area contributed by atoms with Gasteiger partial charge in [-0.15, -0.1) is 0 Å². The van der Waals surface area contributed by atoms with Gasteiger partial charge in [-0.25, -0.2) is 14.8 Å². The van der Waals surface area contributed by atoms with E-state index in [9.17, 15) is 4.39 Å². The first-order chi connectivity index (χ1) is 12.6. The number of anilines is 2. The van der Waals surface area contributed by atoms with Gasteiger partial charge in [0.1, 0.15) is 5.75 Å². The van der Waals surface area contributed by atoms with Gasteiger partial charge in [0.05, 0.1) is 41.7 Å². The van der Waals surface area contributed by atoms with E-state index in [1.165, 1.54) is 0 Å². The molecule has 0 bridgehead atoms. The summed E-state index contributed by atoms with van der Waals surface area (Å²) in [6.45, 7) is 2.27. The largest absolute Gasteiger partial charge is 0.494 e. The van der Waals surface area contributed by atoms with E-state index in [4.69, 9.17) is 9.47 Å². The first kappa shape index (κ1) is 19.0. The molecule has 0 aliphatic carbocycles. The molecule has 2 aromatic rings. The molecule has 138 valence electrons. The van der Waals surface area contributed by atoms with Crippen molar-refractivity contribution in [2.75, 3.05) is 43.7 Å². The van der Waals surface area contributed by atoms with Crippen LogP contribution in [-0.2, 0) is 4.74 Å². The molecule has 1 aromatic carbocycles. The number of nitrogens with one attached hydrogen (secondary N) is 1. The van der Waals surface area contributed by atoms with Crippen LogP contribution in [0.1, 0.15) is 5.56 Å². The Balaban J connectivity index is 1.72. The highest BCUT2D eigenvalue weighted by Crippen LogP contribution is 2.33. The third kappa shape index (κ3) is 4.49. The third-order valence-corrected chi connectivity index (χ3v) is 4.82. The van der Waals surface area contributed by atoms with Crippen LogP contribution < -0.4 is 15.1 Å². The molecule has 1 aliphatic rings. The predicted octanol–water partition coefficient (Wildman–Crippen LogP) is 3.43. The second kappa shape index (κ2) is 8.74. The number of halogens is 3. The summed E-state index contributed by atoms with van der Waals surface area (Å²) in [7, 11) is 1.60. The smallest absolute Gasteiger partial charge is 0.245 e. The summed E-state index contributed by atoms with van der Waals surface area (Å²) in [5.41, 5.74) is 3.55. The van der Waals surface area contributed by atoms with Gasteiger partial charge in [-0.3, -0.25) is 0 Å². The van der Waals surface area contributed by atoms with Crippen molar-refractivity contribution in [1.29, 1.82) is 0 Å². The van der Waals surface area contributed by atoms with Gasteiger partial charge < -0.3 is 14.4 Å². The molecule has 2 heterocycles. The van der Waals surface area contributed by atoms with Gasteiger partial charge in [0, 0.05) is 13.1 Å². The Morgan fingerprint density at radius 3 is 2.65 bits per heavy atom. The van der Waals surface area contributed by atoms with Crippen molar-refractivity contribution in [3.63, 3.8) is 0 Å². The minimum atomic E-state index is -0.468. The first-order valence-corrected chi connectivity index (χ1v) is 9.34. The molecule has 10 heteroatoms. The summed E-state index contributed by atoms with van der Waals surface area (Å²) in [5.74, 6) is 0.697. The highest BCUT2D eigenvalue weighted by Gasteiger charge is 2.17. The number of methoxy groups -OCH3 is 1. The zero-order valence-corrected chi connectivity index (χ0v) is 17.0. The molecule has 0 radical (unpaired) electrons. The van der Waals surface area contributed by atoms with Crippen LogP contribution in [0.4, 0.5) is 16.2 Å². The van der Waals surface area contributed by atoms with Crippen LogP contribution in [0.3, 0.4) is 0 Å². The Bertz CT molecular complexity index is 792. The van der Waals surface area contributed by atoms with E-state index in [0.29, 0.717) is 32.1 Å². The third-order valence-electron chi connectivity index (χ3n) is 3.64. The minimum absolute atomic E-state index is 0.218. The van der Waals surface area contributed by atoms with Gasteiger partial charge in [0.2, 0.25) is 5.95 Å². The number of benzene rings is 1. The summed E-state index contributed by atoms with van der Waals surface area (Å²) in [5, 5.41) is 4.12. The summed E-state index contributed by atoms with van der Waals surface area (Å²) in [6.07, 6.45) is 2.74. The summed E-state index contributed by atoms with van der Waals surface area (Å²) < 4.78 is 26.1. The average molecular weight is 489 g/mol. The molecule has 1 fully saturated rings. The molecule has 0 amide bonds. The van der Waals surface area contributed by atoms with Gasteiger partial charge in [-0.1, -0.05) is 0 Å². The zero-order chi connectivity index (χ0) is 18.5. The molecule has 1 N–H and O–H groups in total. The number of ether oxygens (including phenoxy) is 2. The van der Waals surface area contributed by atoms with Crippen molar-refractivity contribution in [3.8, 4) is 5.75 Å². The Kier molecular flexibility index (Phi) is 6.38. The summed E-state index contributed by atoms with van der Waals surface area (Å²) in [6, 6.07) is 3.72. The fourth-order valence-corrected chi connectivity index (χ4v) is 3.97. The Morgan fingerprint density at radius 2 is 2.00 bits per heavy atom. The molecule has 26 heavy (non-hydrogen) atoms. The van der Waals surface area contributed by atoms with Gasteiger partial charge in [-0.05, 0) is 49.6 Å². The van der Waals surface area contributed by atoms with Crippen molar-refractivity contribution in [3.05, 3.63) is 38.7 Å². The minimum Gasteiger partial charge on any atom is -0.494 e. The lowest BCUT2D eigenvalue weighted by molar-refractivity contribution is 0.122. The molecule has 7 nitrogen and oxygen atoms in total. The molecule has 0 saturated carbocycles. The van der Waals surface area contributed by atoms with Crippen LogP contribution in [0.5, 0.6) is 5.75 Å². The zero-order valence-electron chi connectivity index (χ0n) is 13.9. The quantitative estimate of drug-likeness (QED) is 0.513. The fourth-order valence-electron chi connectivity index (χ4n) is 2.42.